The van der Waals surface area contributed by atoms with Gasteiger partial charge < -0.3 is 5.73 Å². The Labute approximate surface area is 68.9 Å². The molecule has 1 saturated carbocycles. The van der Waals surface area contributed by atoms with Gasteiger partial charge in [0.1, 0.15) is 0 Å². The summed E-state index contributed by atoms with van der Waals surface area (Å²) in [5.41, 5.74) is 5.50. The summed E-state index contributed by atoms with van der Waals surface area (Å²) in [5, 5.41) is 0. The fraction of sp³-hybridized carbons (Fsp3) is 1.00. The van der Waals surface area contributed by atoms with Crippen molar-refractivity contribution in [2.45, 2.75) is 44.2 Å². The molecule has 0 aromatic carbocycles. The van der Waals surface area contributed by atoms with E-state index in [0.717, 1.165) is 12.8 Å². The molecule has 0 aromatic rings. The molecule has 2 nitrogen and oxygen atoms in total. The van der Waals surface area contributed by atoms with Crippen LogP contribution < -0.4 is 5.73 Å². The Morgan fingerprint density at radius 1 is 1.25 bits per heavy atom. The fourth-order valence-corrected chi connectivity index (χ4v) is 1.48. The Hall–Kier alpha value is -0.290. The van der Waals surface area contributed by atoms with Crippen LogP contribution >= 0.6 is 0 Å². The SMILES string of the molecule is NC1CCCC(OC(F)(F)F)C1. The molecular weight excluding hydrogens is 171 g/mol. The number of nitrogens with two attached hydrogens (primary N) is 1. The van der Waals surface area contributed by atoms with Crippen molar-refractivity contribution in [3.63, 3.8) is 0 Å². The van der Waals surface area contributed by atoms with Crippen molar-refractivity contribution in [3.8, 4) is 0 Å². The lowest BCUT2D eigenvalue weighted by molar-refractivity contribution is -0.345. The van der Waals surface area contributed by atoms with Crippen molar-refractivity contribution in [2.24, 2.45) is 5.73 Å². The second-order valence-electron chi connectivity index (χ2n) is 3.11. The zero-order valence-electron chi connectivity index (χ0n) is 6.60. The van der Waals surface area contributed by atoms with Crippen LogP contribution in [-0.2, 0) is 4.74 Å². The van der Waals surface area contributed by atoms with Gasteiger partial charge in [0.25, 0.3) is 0 Å². The second-order valence-corrected chi connectivity index (χ2v) is 3.11. The molecule has 0 radical (unpaired) electrons. The highest BCUT2D eigenvalue weighted by Crippen LogP contribution is 2.27. The first kappa shape index (κ1) is 9.80. The topological polar surface area (TPSA) is 35.2 Å². The molecular formula is C7H12F3NO. The van der Waals surface area contributed by atoms with Gasteiger partial charge in [-0.2, -0.15) is 0 Å². The van der Waals surface area contributed by atoms with Gasteiger partial charge in [-0.3, -0.25) is 4.74 Å². The van der Waals surface area contributed by atoms with E-state index in [-0.39, 0.29) is 6.04 Å². The molecule has 0 saturated heterocycles. The van der Waals surface area contributed by atoms with E-state index in [1.807, 2.05) is 0 Å². The normalized spacial score (nSPS) is 32.0. The van der Waals surface area contributed by atoms with Crippen LogP contribution in [0.3, 0.4) is 0 Å². The summed E-state index contributed by atoms with van der Waals surface area (Å²) in [4.78, 5) is 0. The molecule has 12 heavy (non-hydrogen) atoms. The predicted octanol–water partition coefficient (Wildman–Crippen LogP) is 1.79. The molecule has 2 N–H and O–H groups in total. The average Bonchev–Trinajstić information content (AvgIpc) is 1.82. The fourth-order valence-electron chi connectivity index (χ4n) is 1.48. The molecule has 0 heterocycles. The van der Waals surface area contributed by atoms with Crippen molar-refractivity contribution in [1.29, 1.82) is 0 Å². The minimum atomic E-state index is -4.51. The number of ether oxygens (including phenoxy) is 1. The van der Waals surface area contributed by atoms with Crippen LogP contribution in [0.15, 0.2) is 0 Å². The van der Waals surface area contributed by atoms with Gasteiger partial charge >= 0.3 is 6.36 Å². The van der Waals surface area contributed by atoms with Crippen LogP contribution in [0, 0.1) is 0 Å². The molecule has 1 rings (SSSR count). The average molecular weight is 183 g/mol. The molecule has 0 spiro atoms. The van der Waals surface area contributed by atoms with Crippen LogP contribution in [0.5, 0.6) is 0 Å². The third kappa shape index (κ3) is 3.40. The zero-order chi connectivity index (χ0) is 9.19. The van der Waals surface area contributed by atoms with E-state index in [0.29, 0.717) is 12.8 Å². The lowest BCUT2D eigenvalue weighted by Crippen LogP contribution is -2.35. The van der Waals surface area contributed by atoms with Crippen molar-refractivity contribution in [1.82, 2.24) is 0 Å². The lowest BCUT2D eigenvalue weighted by atomic mass is 9.94. The van der Waals surface area contributed by atoms with Gasteiger partial charge in [-0.05, 0) is 25.7 Å². The Kier molecular flexibility index (Phi) is 2.95. The first-order valence-electron chi connectivity index (χ1n) is 3.97. The predicted molar refractivity (Wildman–Crippen MR) is 37.4 cm³/mol. The van der Waals surface area contributed by atoms with E-state index in [4.69, 9.17) is 5.73 Å². The maximum absolute atomic E-state index is 11.7. The zero-order valence-corrected chi connectivity index (χ0v) is 6.60. The number of hydrogen-bond donors (Lipinski definition) is 1. The monoisotopic (exact) mass is 183 g/mol. The van der Waals surface area contributed by atoms with Crippen LogP contribution in [-0.4, -0.2) is 18.5 Å². The Morgan fingerprint density at radius 3 is 2.42 bits per heavy atom. The number of rotatable bonds is 1. The van der Waals surface area contributed by atoms with E-state index in [1.165, 1.54) is 0 Å². The van der Waals surface area contributed by atoms with Gasteiger partial charge in [0.2, 0.25) is 0 Å². The van der Waals surface area contributed by atoms with Crippen molar-refractivity contribution in [3.05, 3.63) is 0 Å². The summed E-state index contributed by atoms with van der Waals surface area (Å²) < 4.78 is 39.0. The molecule has 72 valence electrons. The summed E-state index contributed by atoms with van der Waals surface area (Å²) in [7, 11) is 0. The molecule has 1 aliphatic carbocycles. The Morgan fingerprint density at radius 2 is 1.92 bits per heavy atom. The van der Waals surface area contributed by atoms with Gasteiger partial charge in [-0.1, -0.05) is 0 Å². The molecule has 2 atom stereocenters. The summed E-state index contributed by atoms with van der Waals surface area (Å²) >= 11 is 0. The maximum Gasteiger partial charge on any atom is 0.522 e. The molecule has 2 unspecified atom stereocenters. The molecule has 0 bridgehead atoms. The smallest absolute Gasteiger partial charge is 0.328 e. The van der Waals surface area contributed by atoms with Crippen LogP contribution in [0.25, 0.3) is 0 Å². The molecule has 0 aliphatic heterocycles. The number of hydrogen-bond acceptors (Lipinski definition) is 2. The molecule has 5 heteroatoms. The summed E-state index contributed by atoms with van der Waals surface area (Å²) in [6, 6.07) is -0.133. The van der Waals surface area contributed by atoms with Gasteiger partial charge in [0, 0.05) is 6.04 Å². The minimum Gasteiger partial charge on any atom is -0.328 e. The van der Waals surface area contributed by atoms with Crippen molar-refractivity contribution < 1.29 is 17.9 Å². The Balaban J connectivity index is 2.32. The molecule has 0 aromatic heterocycles. The highest BCUT2D eigenvalue weighted by molar-refractivity contribution is 4.75. The van der Waals surface area contributed by atoms with Crippen LogP contribution in [0.2, 0.25) is 0 Å². The largest absolute Gasteiger partial charge is 0.522 e. The maximum atomic E-state index is 11.7. The molecule has 1 aliphatic rings. The summed E-state index contributed by atoms with van der Waals surface area (Å²) in [6.45, 7) is 0. The van der Waals surface area contributed by atoms with E-state index in [2.05, 4.69) is 4.74 Å². The van der Waals surface area contributed by atoms with Gasteiger partial charge in [-0.15, -0.1) is 13.2 Å². The quantitative estimate of drug-likeness (QED) is 0.672. The minimum absolute atomic E-state index is 0.133. The standard InChI is InChI=1S/C7H12F3NO/c8-7(9,10)12-6-3-1-2-5(11)4-6/h5-6H,1-4,11H2. The van der Waals surface area contributed by atoms with E-state index in [1.54, 1.807) is 0 Å². The van der Waals surface area contributed by atoms with Crippen molar-refractivity contribution >= 4 is 0 Å². The van der Waals surface area contributed by atoms with Crippen LogP contribution in [0.4, 0.5) is 13.2 Å². The molecule has 1 fully saturated rings. The first-order chi connectivity index (χ1) is 5.47. The third-order valence-corrected chi connectivity index (χ3v) is 1.97. The summed E-state index contributed by atoms with van der Waals surface area (Å²) in [5.74, 6) is 0. The van der Waals surface area contributed by atoms with E-state index >= 15 is 0 Å². The van der Waals surface area contributed by atoms with Gasteiger partial charge in [0.05, 0.1) is 6.10 Å². The number of alkyl halides is 3. The van der Waals surface area contributed by atoms with Gasteiger partial charge in [-0.25, -0.2) is 0 Å². The van der Waals surface area contributed by atoms with E-state index < -0.39 is 12.5 Å². The second kappa shape index (κ2) is 3.62. The lowest BCUT2D eigenvalue weighted by Gasteiger charge is -2.27. The van der Waals surface area contributed by atoms with Gasteiger partial charge in [0.15, 0.2) is 0 Å². The third-order valence-electron chi connectivity index (χ3n) is 1.97. The Bertz CT molecular complexity index is 148. The first-order valence-corrected chi connectivity index (χ1v) is 3.97. The highest BCUT2D eigenvalue weighted by atomic mass is 19.4. The number of halogens is 3. The highest BCUT2D eigenvalue weighted by Gasteiger charge is 2.35. The van der Waals surface area contributed by atoms with Crippen molar-refractivity contribution in [2.75, 3.05) is 0 Å². The van der Waals surface area contributed by atoms with E-state index in [9.17, 15) is 13.2 Å². The molecule has 0 amide bonds. The van der Waals surface area contributed by atoms with Crippen LogP contribution in [0.1, 0.15) is 25.7 Å². The summed E-state index contributed by atoms with van der Waals surface area (Å²) in [6.07, 6.45) is -2.93.